The van der Waals surface area contributed by atoms with Gasteiger partial charge in [-0.05, 0) is 36.2 Å². The predicted molar refractivity (Wildman–Crippen MR) is 95.7 cm³/mol. The maximum atomic E-state index is 12.3. The van der Waals surface area contributed by atoms with Gasteiger partial charge < -0.3 is 10.6 Å². The highest BCUT2D eigenvalue weighted by atomic mass is 16.2. The largest absolute Gasteiger partial charge is 0.351 e. The van der Waals surface area contributed by atoms with Crippen LogP contribution in [0.1, 0.15) is 21.5 Å². The molecule has 0 aliphatic rings. The van der Waals surface area contributed by atoms with Crippen molar-refractivity contribution in [2.24, 2.45) is 5.92 Å². The molecule has 2 aromatic rings. The molecule has 26 heavy (non-hydrogen) atoms. The second-order valence-electron chi connectivity index (χ2n) is 5.67. The van der Waals surface area contributed by atoms with Crippen LogP contribution in [0.5, 0.6) is 0 Å². The molecule has 2 amide bonds. The molecule has 130 valence electrons. The van der Waals surface area contributed by atoms with Crippen molar-refractivity contribution in [1.82, 2.24) is 10.6 Å². The molecule has 0 saturated carbocycles. The molecular weight excluding hydrogens is 328 g/mol. The Balaban J connectivity index is 2.08. The zero-order valence-corrected chi connectivity index (χ0v) is 14.1. The van der Waals surface area contributed by atoms with E-state index in [0.29, 0.717) is 17.5 Å². The Hall–Kier alpha value is -3.64. The summed E-state index contributed by atoms with van der Waals surface area (Å²) < 4.78 is 0. The van der Waals surface area contributed by atoms with E-state index >= 15 is 0 Å². The van der Waals surface area contributed by atoms with E-state index in [1.807, 2.05) is 18.2 Å². The number of rotatable bonds is 7. The van der Waals surface area contributed by atoms with Crippen LogP contribution in [0.15, 0.2) is 54.6 Å². The van der Waals surface area contributed by atoms with Gasteiger partial charge in [-0.25, -0.2) is 0 Å². The molecule has 0 aliphatic carbocycles. The average Bonchev–Trinajstić information content (AvgIpc) is 2.69. The highest BCUT2D eigenvalue weighted by Crippen LogP contribution is 2.11. The summed E-state index contributed by atoms with van der Waals surface area (Å²) in [5.41, 5.74) is 1.83. The molecule has 2 rings (SSSR count). The number of nitrogens with one attached hydrogen (secondary N) is 2. The van der Waals surface area contributed by atoms with Crippen molar-refractivity contribution in [2.75, 3.05) is 13.1 Å². The van der Waals surface area contributed by atoms with Gasteiger partial charge in [-0.3, -0.25) is 9.59 Å². The lowest BCUT2D eigenvalue weighted by atomic mass is 9.97. The molecular formula is C20H18N4O2. The number of benzene rings is 2. The van der Waals surface area contributed by atoms with E-state index in [2.05, 4.69) is 16.7 Å². The minimum Gasteiger partial charge on any atom is -0.351 e. The fourth-order valence-corrected chi connectivity index (χ4v) is 2.49. The molecule has 1 atom stereocenters. The molecule has 0 fully saturated rings. The lowest BCUT2D eigenvalue weighted by molar-refractivity contribution is -0.124. The Labute approximate surface area is 152 Å². The van der Waals surface area contributed by atoms with Crippen LogP contribution in [-0.2, 0) is 11.2 Å². The molecule has 0 saturated heterocycles. The molecule has 2 aromatic carbocycles. The number of nitrogens with zero attached hydrogens (tertiary/aromatic N) is 2. The molecule has 6 heteroatoms. The molecule has 0 heterocycles. The van der Waals surface area contributed by atoms with E-state index < -0.39 is 5.92 Å². The zero-order valence-electron chi connectivity index (χ0n) is 14.1. The van der Waals surface area contributed by atoms with E-state index in [4.69, 9.17) is 10.5 Å². The summed E-state index contributed by atoms with van der Waals surface area (Å²) in [6.07, 6.45) is 0.349. The van der Waals surface area contributed by atoms with Crippen LogP contribution in [0.4, 0.5) is 0 Å². The SMILES string of the molecule is N#CCNC(=O)C(CNC(=O)c1ccccc1)Cc1cccc(C#N)c1. The van der Waals surface area contributed by atoms with Crippen molar-refractivity contribution < 1.29 is 9.59 Å². The Bertz CT molecular complexity index is 850. The van der Waals surface area contributed by atoms with Crippen LogP contribution in [0.2, 0.25) is 0 Å². The molecule has 0 bridgehead atoms. The molecule has 0 spiro atoms. The topological polar surface area (TPSA) is 106 Å². The van der Waals surface area contributed by atoms with Crippen LogP contribution in [0.3, 0.4) is 0 Å². The van der Waals surface area contributed by atoms with Gasteiger partial charge in [0.05, 0.1) is 23.6 Å². The van der Waals surface area contributed by atoms with Crippen LogP contribution in [0.25, 0.3) is 0 Å². The first kappa shape index (κ1) is 18.7. The van der Waals surface area contributed by atoms with E-state index in [1.54, 1.807) is 42.5 Å². The van der Waals surface area contributed by atoms with Gasteiger partial charge in [-0.2, -0.15) is 10.5 Å². The molecule has 0 aliphatic heterocycles. The number of nitriles is 2. The highest BCUT2D eigenvalue weighted by molar-refractivity contribution is 5.94. The van der Waals surface area contributed by atoms with Crippen molar-refractivity contribution in [3.63, 3.8) is 0 Å². The summed E-state index contributed by atoms with van der Waals surface area (Å²) in [4.78, 5) is 24.5. The van der Waals surface area contributed by atoms with Crippen LogP contribution in [0, 0.1) is 28.6 Å². The van der Waals surface area contributed by atoms with Gasteiger partial charge in [-0.15, -0.1) is 0 Å². The Kier molecular flexibility index (Phi) is 6.91. The van der Waals surface area contributed by atoms with Crippen molar-refractivity contribution >= 4 is 11.8 Å². The third kappa shape index (κ3) is 5.47. The van der Waals surface area contributed by atoms with Crippen LogP contribution in [-0.4, -0.2) is 24.9 Å². The molecule has 1 unspecified atom stereocenters. The fourth-order valence-electron chi connectivity index (χ4n) is 2.49. The van der Waals surface area contributed by atoms with E-state index in [1.165, 1.54) is 0 Å². The van der Waals surface area contributed by atoms with E-state index in [-0.39, 0.29) is 24.9 Å². The van der Waals surface area contributed by atoms with E-state index in [0.717, 1.165) is 5.56 Å². The minimum atomic E-state index is -0.551. The number of carbonyl (C=O) groups is 2. The van der Waals surface area contributed by atoms with Crippen molar-refractivity contribution in [3.05, 3.63) is 71.3 Å². The summed E-state index contributed by atoms with van der Waals surface area (Å²) in [5, 5.41) is 22.9. The maximum absolute atomic E-state index is 12.3. The summed E-state index contributed by atoms with van der Waals surface area (Å²) >= 11 is 0. The minimum absolute atomic E-state index is 0.0970. The van der Waals surface area contributed by atoms with Gasteiger partial charge in [-0.1, -0.05) is 30.3 Å². The van der Waals surface area contributed by atoms with Crippen LogP contribution < -0.4 is 10.6 Å². The van der Waals surface area contributed by atoms with Gasteiger partial charge in [0.1, 0.15) is 6.54 Å². The van der Waals surface area contributed by atoms with Crippen molar-refractivity contribution in [2.45, 2.75) is 6.42 Å². The Morgan fingerprint density at radius 2 is 1.77 bits per heavy atom. The van der Waals surface area contributed by atoms with Gasteiger partial charge in [0.25, 0.3) is 5.91 Å². The smallest absolute Gasteiger partial charge is 0.251 e. The summed E-state index contributed by atoms with van der Waals surface area (Å²) in [7, 11) is 0. The first-order valence-electron chi connectivity index (χ1n) is 8.11. The average molecular weight is 346 g/mol. The zero-order chi connectivity index (χ0) is 18.8. The lowest BCUT2D eigenvalue weighted by Gasteiger charge is -2.17. The predicted octanol–water partition coefficient (Wildman–Crippen LogP) is 1.79. The second-order valence-corrected chi connectivity index (χ2v) is 5.67. The first-order valence-corrected chi connectivity index (χ1v) is 8.11. The highest BCUT2D eigenvalue weighted by Gasteiger charge is 2.20. The lowest BCUT2D eigenvalue weighted by Crippen LogP contribution is -2.40. The Morgan fingerprint density at radius 1 is 1.00 bits per heavy atom. The van der Waals surface area contributed by atoms with E-state index in [9.17, 15) is 9.59 Å². The molecule has 6 nitrogen and oxygen atoms in total. The first-order chi connectivity index (χ1) is 12.6. The number of hydrogen-bond acceptors (Lipinski definition) is 4. The van der Waals surface area contributed by atoms with Crippen LogP contribution >= 0.6 is 0 Å². The summed E-state index contributed by atoms with van der Waals surface area (Å²) in [6, 6.07) is 19.6. The third-order valence-corrected chi connectivity index (χ3v) is 3.80. The monoisotopic (exact) mass is 346 g/mol. The molecule has 2 N–H and O–H groups in total. The van der Waals surface area contributed by atoms with Crippen molar-refractivity contribution in [3.8, 4) is 12.1 Å². The fraction of sp³-hybridized carbons (Fsp3) is 0.200. The summed E-state index contributed by atoms with van der Waals surface area (Å²) in [6.45, 7) is 0.0297. The number of amides is 2. The van der Waals surface area contributed by atoms with Crippen molar-refractivity contribution in [1.29, 1.82) is 10.5 Å². The quantitative estimate of drug-likeness (QED) is 0.745. The maximum Gasteiger partial charge on any atom is 0.251 e. The summed E-state index contributed by atoms with van der Waals surface area (Å²) in [5.74, 6) is -1.14. The third-order valence-electron chi connectivity index (χ3n) is 3.80. The van der Waals surface area contributed by atoms with Gasteiger partial charge in [0, 0.05) is 12.1 Å². The number of hydrogen-bond donors (Lipinski definition) is 2. The standard InChI is InChI=1S/C20H18N4O2/c21-9-10-23-20(26)18(12-15-5-4-6-16(11-15)13-22)14-24-19(25)17-7-2-1-3-8-17/h1-8,11,18H,10,12,14H2,(H,23,26)(H,24,25). The molecule has 0 radical (unpaired) electrons. The Morgan fingerprint density at radius 3 is 2.46 bits per heavy atom. The number of carbonyl (C=O) groups excluding carboxylic acids is 2. The van der Waals surface area contributed by atoms with Gasteiger partial charge >= 0.3 is 0 Å². The second kappa shape index (κ2) is 9.61. The van der Waals surface area contributed by atoms with Gasteiger partial charge in [0.2, 0.25) is 5.91 Å². The molecule has 0 aromatic heterocycles. The van der Waals surface area contributed by atoms with Gasteiger partial charge in [0.15, 0.2) is 0 Å². The normalized spacial score (nSPS) is 10.8.